The Kier molecular flexibility index (Phi) is 2.80. The van der Waals surface area contributed by atoms with Crippen LogP contribution < -0.4 is 0 Å². The third-order valence-electron chi connectivity index (χ3n) is 4.85. The van der Waals surface area contributed by atoms with Crippen molar-refractivity contribution in [3.05, 3.63) is 58.8 Å². The van der Waals surface area contributed by atoms with Gasteiger partial charge in [0.1, 0.15) is 22.5 Å². The third-order valence-corrected chi connectivity index (χ3v) is 6.32. The van der Waals surface area contributed by atoms with Gasteiger partial charge in [0.15, 0.2) is 0 Å². The Morgan fingerprint density at radius 3 is 3.04 bits per heavy atom. The molecule has 0 radical (unpaired) electrons. The number of phenols is 1. The van der Waals surface area contributed by atoms with E-state index in [4.69, 9.17) is 4.42 Å². The van der Waals surface area contributed by atoms with Gasteiger partial charge in [-0.1, -0.05) is 23.9 Å². The van der Waals surface area contributed by atoms with Gasteiger partial charge in [0.2, 0.25) is 0 Å². The van der Waals surface area contributed by atoms with Crippen LogP contribution in [0.3, 0.4) is 0 Å². The molecule has 0 saturated carbocycles. The highest BCUT2D eigenvalue weighted by molar-refractivity contribution is 7.99. The zero-order valence-corrected chi connectivity index (χ0v) is 13.9. The summed E-state index contributed by atoms with van der Waals surface area (Å²) in [5, 5.41) is 10.6. The Hall–Kier alpha value is -2.40. The molecule has 120 valence electrons. The van der Waals surface area contributed by atoms with Crippen LogP contribution in [-0.2, 0) is 6.42 Å². The number of amides is 1. The smallest absolute Gasteiger partial charge is 0.256 e. The summed E-state index contributed by atoms with van der Waals surface area (Å²) in [4.78, 5) is 15.9. The summed E-state index contributed by atoms with van der Waals surface area (Å²) in [5.74, 6) is 1.16. The predicted octanol–water partition coefficient (Wildman–Crippen LogP) is 4.25. The predicted molar refractivity (Wildman–Crippen MR) is 92.4 cm³/mol. The lowest BCUT2D eigenvalue weighted by atomic mass is 10.0. The molecule has 1 unspecified atom stereocenters. The number of hydrogen-bond donors (Lipinski definition) is 1. The summed E-state index contributed by atoms with van der Waals surface area (Å²) in [6.45, 7) is 2.70. The van der Waals surface area contributed by atoms with Crippen LogP contribution in [0, 0.1) is 6.92 Å². The van der Waals surface area contributed by atoms with E-state index in [9.17, 15) is 9.90 Å². The highest BCUT2D eigenvalue weighted by Gasteiger charge is 2.40. The molecule has 0 aliphatic carbocycles. The Labute approximate surface area is 143 Å². The Bertz CT molecular complexity index is 1010. The first-order valence-electron chi connectivity index (χ1n) is 7.95. The highest BCUT2D eigenvalue weighted by atomic mass is 32.2. The molecule has 4 nitrogen and oxygen atoms in total. The minimum Gasteiger partial charge on any atom is -0.508 e. The van der Waals surface area contributed by atoms with Gasteiger partial charge in [0.05, 0.1) is 5.56 Å². The minimum absolute atomic E-state index is 0.0754. The van der Waals surface area contributed by atoms with Gasteiger partial charge >= 0.3 is 0 Å². The first-order valence-corrected chi connectivity index (χ1v) is 8.83. The van der Waals surface area contributed by atoms with Crippen molar-refractivity contribution < 1.29 is 14.3 Å². The van der Waals surface area contributed by atoms with E-state index in [1.165, 1.54) is 0 Å². The number of carbonyl (C=O) groups is 1. The molecule has 1 aromatic heterocycles. The second kappa shape index (κ2) is 4.80. The molecular weight excluding hydrogens is 322 g/mol. The van der Waals surface area contributed by atoms with E-state index in [0.29, 0.717) is 6.54 Å². The van der Waals surface area contributed by atoms with Crippen LogP contribution in [0.5, 0.6) is 5.75 Å². The maximum absolute atomic E-state index is 12.9. The molecule has 1 amide bonds. The van der Waals surface area contributed by atoms with Crippen LogP contribution in [0.1, 0.15) is 32.6 Å². The van der Waals surface area contributed by atoms with E-state index < -0.39 is 0 Å². The number of rotatable bonds is 0. The molecule has 24 heavy (non-hydrogen) atoms. The van der Waals surface area contributed by atoms with Crippen LogP contribution in [-0.4, -0.2) is 22.5 Å². The van der Waals surface area contributed by atoms with E-state index in [-0.39, 0.29) is 17.0 Å². The Morgan fingerprint density at radius 1 is 1.29 bits per heavy atom. The summed E-state index contributed by atoms with van der Waals surface area (Å²) in [6, 6.07) is 11.1. The van der Waals surface area contributed by atoms with Crippen molar-refractivity contribution in [1.82, 2.24) is 4.90 Å². The number of hydrogen-bond acceptors (Lipinski definition) is 4. The van der Waals surface area contributed by atoms with Crippen molar-refractivity contribution in [2.45, 2.75) is 23.6 Å². The fourth-order valence-electron chi connectivity index (χ4n) is 3.67. The topological polar surface area (TPSA) is 53.7 Å². The summed E-state index contributed by atoms with van der Waals surface area (Å²) >= 11 is 1.68. The molecule has 1 N–H and O–H groups in total. The largest absolute Gasteiger partial charge is 0.508 e. The van der Waals surface area contributed by atoms with E-state index in [2.05, 4.69) is 0 Å². The van der Waals surface area contributed by atoms with Gasteiger partial charge in [-0.2, -0.15) is 0 Å². The van der Waals surface area contributed by atoms with Gasteiger partial charge in [-0.15, -0.1) is 0 Å². The average Bonchev–Trinajstić information content (AvgIpc) is 2.94. The van der Waals surface area contributed by atoms with Crippen LogP contribution in [0.2, 0.25) is 0 Å². The van der Waals surface area contributed by atoms with Crippen LogP contribution in [0.15, 0.2) is 45.7 Å². The Morgan fingerprint density at radius 2 is 2.17 bits per heavy atom. The molecule has 0 fully saturated rings. The number of thioether (sulfide) groups is 1. The minimum atomic E-state index is -0.135. The van der Waals surface area contributed by atoms with Crippen LogP contribution in [0.25, 0.3) is 11.0 Å². The quantitative estimate of drug-likeness (QED) is 0.666. The summed E-state index contributed by atoms with van der Waals surface area (Å²) in [7, 11) is 0. The molecular formula is C19H15NO3S. The van der Waals surface area contributed by atoms with Gasteiger partial charge in [-0.25, -0.2) is 0 Å². The maximum Gasteiger partial charge on any atom is 0.256 e. The van der Waals surface area contributed by atoms with Crippen molar-refractivity contribution in [1.29, 1.82) is 0 Å². The number of furan rings is 1. The number of aromatic hydroxyl groups is 1. The lowest BCUT2D eigenvalue weighted by Gasteiger charge is -2.38. The lowest BCUT2D eigenvalue weighted by Crippen LogP contribution is -2.41. The van der Waals surface area contributed by atoms with Crippen molar-refractivity contribution in [2.75, 3.05) is 6.54 Å². The number of fused-ring (bicyclic) bond motifs is 6. The van der Waals surface area contributed by atoms with Gasteiger partial charge in [-0.3, -0.25) is 4.79 Å². The van der Waals surface area contributed by atoms with Crippen molar-refractivity contribution in [3.63, 3.8) is 0 Å². The van der Waals surface area contributed by atoms with Crippen LogP contribution in [0.4, 0.5) is 0 Å². The van der Waals surface area contributed by atoms with Gasteiger partial charge < -0.3 is 14.4 Å². The summed E-state index contributed by atoms with van der Waals surface area (Å²) < 4.78 is 6.09. The zero-order chi connectivity index (χ0) is 16.4. The number of aryl methyl sites for hydroxylation is 1. The van der Waals surface area contributed by atoms with E-state index >= 15 is 0 Å². The first-order chi connectivity index (χ1) is 11.6. The van der Waals surface area contributed by atoms with E-state index in [0.717, 1.165) is 44.7 Å². The third kappa shape index (κ3) is 1.79. The van der Waals surface area contributed by atoms with Crippen molar-refractivity contribution in [3.8, 4) is 5.75 Å². The average molecular weight is 337 g/mol. The summed E-state index contributed by atoms with van der Waals surface area (Å²) in [5.41, 5.74) is 3.78. The normalized spacial score (nSPS) is 19.1. The highest BCUT2D eigenvalue weighted by Crippen LogP contribution is 2.50. The fraction of sp³-hybridized carbons (Fsp3) is 0.211. The second-order valence-electron chi connectivity index (χ2n) is 6.30. The number of carbonyl (C=O) groups excluding carboxylic acids is 1. The molecule has 5 rings (SSSR count). The molecule has 3 heterocycles. The monoisotopic (exact) mass is 337 g/mol. The number of benzene rings is 2. The molecule has 5 heteroatoms. The Balaban J connectivity index is 1.71. The van der Waals surface area contributed by atoms with E-state index in [1.807, 2.05) is 30.0 Å². The van der Waals surface area contributed by atoms with Gasteiger partial charge in [0, 0.05) is 22.4 Å². The molecule has 0 saturated heterocycles. The van der Waals surface area contributed by atoms with E-state index in [1.54, 1.807) is 30.0 Å². The molecule has 2 aliphatic rings. The van der Waals surface area contributed by atoms with Crippen molar-refractivity contribution in [2.24, 2.45) is 0 Å². The fourth-order valence-corrected chi connectivity index (χ4v) is 5.06. The molecule has 1 atom stereocenters. The standard InChI is InChI=1S/C19H15NO3S/c1-10-3-2-4-13-17(10)24-19-16-12(7-8-20(19)18(13)22)14-9-11(21)5-6-15(14)23-16/h2-6,9,19,21H,7-8H2,1H3. The molecule has 0 bridgehead atoms. The molecule has 2 aromatic carbocycles. The number of nitrogens with zero attached hydrogens (tertiary/aromatic N) is 1. The molecule has 0 spiro atoms. The maximum atomic E-state index is 12.9. The molecule has 2 aliphatic heterocycles. The number of phenolic OH excluding ortho intramolecular Hbond substituents is 1. The van der Waals surface area contributed by atoms with Crippen molar-refractivity contribution >= 4 is 28.6 Å². The first kappa shape index (κ1) is 14.0. The molecule has 3 aromatic rings. The van der Waals surface area contributed by atoms with Gasteiger partial charge in [-0.05, 0) is 43.2 Å². The SMILES string of the molecule is Cc1cccc2c1SC1c3oc4ccc(O)cc4c3CCN1C2=O. The van der Waals surface area contributed by atoms with Gasteiger partial charge in [0.25, 0.3) is 5.91 Å². The van der Waals surface area contributed by atoms with Crippen LogP contribution >= 0.6 is 11.8 Å². The second-order valence-corrected chi connectivity index (χ2v) is 7.39. The zero-order valence-electron chi connectivity index (χ0n) is 13.1. The lowest BCUT2D eigenvalue weighted by molar-refractivity contribution is 0.0701. The summed E-state index contributed by atoms with van der Waals surface area (Å²) in [6.07, 6.45) is 0.746.